The molecule has 18 N–H and O–H groups in total. The molecule has 4 rings (SSSR count). The van der Waals surface area contributed by atoms with Crippen molar-refractivity contribution in [3.63, 3.8) is 0 Å². The molecule has 0 aromatic heterocycles. The van der Waals surface area contributed by atoms with Crippen molar-refractivity contribution in [2.75, 3.05) is 19.8 Å². The molecule has 0 bridgehead atoms. The van der Waals surface area contributed by atoms with Crippen molar-refractivity contribution in [1.82, 2.24) is 0 Å². The van der Waals surface area contributed by atoms with E-state index in [1.807, 2.05) is 0 Å². The van der Waals surface area contributed by atoms with Gasteiger partial charge >= 0.3 is 0 Å². The number of aliphatic hydroxyl groups excluding tert-OH is 8. The Kier molecular flexibility index (Phi) is 14.6. The molecule has 0 radical (unpaired) electrons. The minimum absolute atomic E-state index is 0.0642. The van der Waals surface area contributed by atoms with Gasteiger partial charge in [-0.25, -0.2) is 0 Å². The van der Waals surface area contributed by atoms with Gasteiger partial charge in [0.1, 0.15) is 67.1 Å². The fourth-order valence-corrected chi connectivity index (χ4v) is 5.70. The maximum absolute atomic E-state index is 11.1. The van der Waals surface area contributed by atoms with Gasteiger partial charge in [-0.05, 0) is 6.42 Å². The van der Waals surface area contributed by atoms with Crippen molar-refractivity contribution < 1.29 is 86.8 Å². The molecule has 0 spiro atoms. The number of aliphatic hydroxyl groups is 8. The Morgan fingerprint density at radius 2 is 1.02 bits per heavy atom. The van der Waals surface area contributed by atoms with Crippen LogP contribution in [0.1, 0.15) is 6.42 Å². The normalized spacial score (nSPS) is 49.3. The lowest BCUT2D eigenvalue weighted by Gasteiger charge is -2.47. The lowest BCUT2D eigenvalue weighted by atomic mass is 9.84. The maximum atomic E-state index is 11.1. The average molecular weight is 712 g/mol. The van der Waals surface area contributed by atoms with E-state index in [0.717, 1.165) is 0 Å². The SMILES string of the molecule is NC[C@@H]1O[C@H](O[C@H]2[C@@H](O)[C@H](O[C@@H]3[C@@H](O)[C@H](N)C[C@H](N)[C@H]3O[C@H]3O[C@H](CO)[C@@H](O)[C@H](O)[C@H]3N)O[C@@H]2CO)[C@H](N)[C@@H](O)[C@@H]1O.O=S(=O)([O-])[O-]. The van der Waals surface area contributed by atoms with E-state index < -0.39 is 140 Å². The van der Waals surface area contributed by atoms with Crippen LogP contribution in [0, 0.1) is 0 Å². The zero-order chi connectivity index (χ0) is 35.5. The highest BCUT2D eigenvalue weighted by atomic mass is 32.3. The average Bonchev–Trinajstić information content (AvgIpc) is 3.30. The van der Waals surface area contributed by atoms with E-state index >= 15 is 0 Å². The molecule has 1 aliphatic carbocycles. The molecule has 0 unspecified atom stereocenters. The predicted molar refractivity (Wildman–Crippen MR) is 147 cm³/mol. The summed E-state index contributed by atoms with van der Waals surface area (Å²) in [5, 5.41) is 82.3. The first-order chi connectivity index (χ1) is 21.8. The molecular formula is C23H45N5O18S-2. The lowest BCUT2D eigenvalue weighted by Crippen LogP contribution is -2.68. The molecule has 0 aromatic rings. The van der Waals surface area contributed by atoms with E-state index in [1.54, 1.807) is 0 Å². The van der Waals surface area contributed by atoms with Gasteiger partial charge in [0, 0.05) is 29.0 Å². The number of nitrogens with two attached hydrogens (primary N) is 5. The Hall–Kier alpha value is -0.890. The zero-order valence-corrected chi connectivity index (χ0v) is 25.6. The van der Waals surface area contributed by atoms with Crippen molar-refractivity contribution >= 4 is 10.4 Å². The smallest absolute Gasteiger partial charge is 0.187 e. The Bertz CT molecular complexity index is 1070. The third-order valence-corrected chi connectivity index (χ3v) is 8.32. The minimum Gasteiger partial charge on any atom is -0.759 e. The molecule has 1 saturated carbocycles. The molecule has 23 nitrogen and oxygen atoms in total. The molecule has 3 saturated heterocycles. The van der Waals surface area contributed by atoms with Gasteiger partial charge in [-0.2, -0.15) is 0 Å². The van der Waals surface area contributed by atoms with Crippen LogP contribution in [0.15, 0.2) is 0 Å². The van der Waals surface area contributed by atoms with Crippen LogP contribution in [0.4, 0.5) is 0 Å². The van der Waals surface area contributed by atoms with Crippen LogP contribution in [0.2, 0.25) is 0 Å². The molecule has 47 heavy (non-hydrogen) atoms. The molecule has 24 heteroatoms. The number of hydrogen-bond acceptors (Lipinski definition) is 23. The second-order valence-electron chi connectivity index (χ2n) is 11.6. The van der Waals surface area contributed by atoms with Crippen molar-refractivity contribution in [2.45, 2.75) is 123 Å². The third-order valence-electron chi connectivity index (χ3n) is 8.32. The summed E-state index contributed by atoms with van der Waals surface area (Å²) in [5.41, 5.74) is 29.9. The summed E-state index contributed by atoms with van der Waals surface area (Å²) >= 11 is 0. The van der Waals surface area contributed by atoms with E-state index in [0.29, 0.717) is 0 Å². The van der Waals surface area contributed by atoms with E-state index in [4.69, 9.17) is 74.6 Å². The van der Waals surface area contributed by atoms with Gasteiger partial charge in [0.2, 0.25) is 0 Å². The second kappa shape index (κ2) is 16.9. The van der Waals surface area contributed by atoms with Crippen LogP contribution in [0.5, 0.6) is 0 Å². The fourth-order valence-electron chi connectivity index (χ4n) is 5.70. The zero-order valence-electron chi connectivity index (χ0n) is 24.8. The van der Waals surface area contributed by atoms with Crippen molar-refractivity contribution in [3.05, 3.63) is 0 Å². The van der Waals surface area contributed by atoms with Crippen LogP contribution in [-0.4, -0.2) is 194 Å². The van der Waals surface area contributed by atoms with Gasteiger partial charge in [0.05, 0.1) is 31.4 Å². The quantitative estimate of drug-likeness (QED) is 0.0779. The number of hydrogen-bond donors (Lipinski definition) is 13. The number of rotatable bonds is 9. The van der Waals surface area contributed by atoms with Crippen LogP contribution >= 0.6 is 0 Å². The molecule has 3 heterocycles. The Morgan fingerprint density at radius 1 is 0.596 bits per heavy atom. The van der Waals surface area contributed by atoms with Crippen LogP contribution < -0.4 is 28.7 Å². The summed E-state index contributed by atoms with van der Waals surface area (Å²) in [7, 11) is -5.17. The van der Waals surface area contributed by atoms with Gasteiger partial charge in [-0.15, -0.1) is 0 Å². The summed E-state index contributed by atoms with van der Waals surface area (Å²) in [6.45, 7) is -1.49. The maximum Gasteiger partial charge on any atom is 0.187 e. The van der Waals surface area contributed by atoms with Gasteiger partial charge in [-0.1, -0.05) is 0 Å². The van der Waals surface area contributed by atoms with Gasteiger partial charge in [0.25, 0.3) is 0 Å². The Labute approximate surface area is 268 Å². The highest BCUT2D eigenvalue weighted by Crippen LogP contribution is 2.34. The monoisotopic (exact) mass is 711 g/mol. The largest absolute Gasteiger partial charge is 0.759 e. The summed E-state index contributed by atoms with van der Waals surface area (Å²) in [6.07, 6.45) is -20.5. The number of ether oxygens (including phenoxy) is 6. The summed E-state index contributed by atoms with van der Waals surface area (Å²) in [4.78, 5) is 0. The van der Waals surface area contributed by atoms with Crippen molar-refractivity contribution in [1.29, 1.82) is 0 Å². The molecule has 0 aromatic carbocycles. The minimum atomic E-state index is -5.17. The van der Waals surface area contributed by atoms with E-state index in [9.17, 15) is 40.9 Å². The third kappa shape index (κ3) is 9.67. The molecule has 19 atom stereocenters. The van der Waals surface area contributed by atoms with E-state index in [2.05, 4.69) is 0 Å². The van der Waals surface area contributed by atoms with Crippen LogP contribution in [-0.2, 0) is 38.8 Å². The highest BCUT2D eigenvalue weighted by molar-refractivity contribution is 7.79. The Morgan fingerprint density at radius 3 is 1.51 bits per heavy atom. The lowest BCUT2D eigenvalue weighted by molar-refractivity contribution is -0.310. The molecule has 4 fully saturated rings. The molecule has 0 amide bonds. The van der Waals surface area contributed by atoms with Crippen molar-refractivity contribution in [2.24, 2.45) is 28.7 Å². The fraction of sp³-hybridized carbons (Fsp3) is 1.00. The Balaban J connectivity index is 0.00000111. The molecule has 278 valence electrons. The standard InChI is InChI=1S/C23H45N5O14.H2O4S/c24-2-7-13(32)15(34)10(27)21(37-7)41-19-9(4-30)39-23(17(19)36)42-20-12(31)5(25)1-6(26)18(20)40-22-11(28)16(35)14(33)8(3-29)38-22;1-5(2,3)4/h5-23,29-36H,1-4,24-28H2;(H2,1,2,3,4)/p-2/t5-,6+,7+,8-,9-,10-,11-,12+,13-,14-,15-,16-,17-,18-,19-,20-,21-,22-,23+;/m1./s1. The molecule has 3 aliphatic heterocycles. The predicted octanol–water partition coefficient (Wildman–Crippen LogP) is -10.2. The van der Waals surface area contributed by atoms with Gasteiger partial charge in [0.15, 0.2) is 18.9 Å². The molecule has 4 aliphatic rings. The first-order valence-corrected chi connectivity index (χ1v) is 15.8. The topological polar surface area (TPSA) is 428 Å². The second-order valence-corrected chi connectivity index (χ2v) is 12.4. The van der Waals surface area contributed by atoms with Gasteiger partial charge in [-0.3, -0.25) is 8.42 Å². The first-order valence-electron chi connectivity index (χ1n) is 14.5. The summed E-state index contributed by atoms with van der Waals surface area (Å²) in [6, 6.07) is -4.30. The van der Waals surface area contributed by atoms with Crippen molar-refractivity contribution in [3.8, 4) is 0 Å². The van der Waals surface area contributed by atoms with E-state index in [1.165, 1.54) is 0 Å². The summed E-state index contributed by atoms with van der Waals surface area (Å²) < 4.78 is 68.5. The van der Waals surface area contributed by atoms with Crippen LogP contribution in [0.3, 0.4) is 0 Å². The molecular weight excluding hydrogens is 666 g/mol. The van der Waals surface area contributed by atoms with Gasteiger partial charge < -0.3 is 107 Å². The first kappa shape index (κ1) is 40.5. The summed E-state index contributed by atoms with van der Waals surface area (Å²) in [5.74, 6) is 0. The van der Waals surface area contributed by atoms with E-state index in [-0.39, 0.29) is 13.0 Å². The highest BCUT2D eigenvalue weighted by Gasteiger charge is 2.54. The van der Waals surface area contributed by atoms with Crippen LogP contribution in [0.25, 0.3) is 0 Å².